The summed E-state index contributed by atoms with van der Waals surface area (Å²) < 4.78 is 48.4. The van der Waals surface area contributed by atoms with Crippen LogP contribution in [0.3, 0.4) is 0 Å². The van der Waals surface area contributed by atoms with Crippen molar-refractivity contribution < 1.29 is 22.4 Å². The van der Waals surface area contributed by atoms with Crippen molar-refractivity contribution in [2.75, 3.05) is 18.4 Å². The summed E-state index contributed by atoms with van der Waals surface area (Å²) in [5.41, 5.74) is 0.819. The number of carbonyl (C=O) groups is 1. The number of benzene rings is 1. The smallest absolute Gasteiger partial charge is 0.325 e. The Bertz CT molecular complexity index is 411. The molecular weight excluding hydrogens is 252 g/mol. The van der Waals surface area contributed by atoms with E-state index in [2.05, 4.69) is 5.32 Å². The van der Waals surface area contributed by atoms with Crippen LogP contribution in [0.5, 0.6) is 0 Å². The minimum absolute atomic E-state index is 0.214. The van der Waals surface area contributed by atoms with Gasteiger partial charge in [-0.1, -0.05) is 0 Å². The first-order valence-corrected chi connectivity index (χ1v) is 5.11. The van der Waals surface area contributed by atoms with Gasteiger partial charge in [0.25, 0.3) is 0 Å². The predicted octanol–water partition coefficient (Wildman–Crippen LogP) is 2.22. The van der Waals surface area contributed by atoms with E-state index in [9.17, 15) is 22.4 Å². The molecule has 0 fully saturated rings. The summed E-state index contributed by atoms with van der Waals surface area (Å²) >= 11 is 0. The SMILES string of the molecule is Cc1cc(F)cc(NC(=O)CNCC(F)(F)F)c1. The molecule has 0 heterocycles. The Hall–Kier alpha value is -1.63. The van der Waals surface area contributed by atoms with E-state index in [1.165, 1.54) is 12.1 Å². The number of anilines is 1. The Balaban J connectivity index is 2.45. The van der Waals surface area contributed by atoms with Gasteiger partial charge in [-0.3, -0.25) is 4.79 Å². The lowest BCUT2D eigenvalue weighted by Crippen LogP contribution is -2.35. The van der Waals surface area contributed by atoms with E-state index in [0.29, 0.717) is 5.56 Å². The summed E-state index contributed by atoms with van der Waals surface area (Å²) in [6, 6.07) is 3.89. The molecule has 7 heteroatoms. The highest BCUT2D eigenvalue weighted by Gasteiger charge is 2.26. The Morgan fingerprint density at radius 3 is 2.50 bits per heavy atom. The number of hydrogen-bond donors (Lipinski definition) is 2. The molecule has 0 bridgehead atoms. The third-order valence-electron chi connectivity index (χ3n) is 1.94. The number of nitrogens with one attached hydrogen (secondary N) is 2. The number of rotatable bonds is 4. The van der Waals surface area contributed by atoms with Crippen molar-refractivity contribution in [3.05, 3.63) is 29.6 Å². The maximum absolute atomic E-state index is 13.0. The summed E-state index contributed by atoms with van der Waals surface area (Å²) in [6.07, 6.45) is -4.37. The van der Waals surface area contributed by atoms with Crippen LogP contribution >= 0.6 is 0 Å². The topological polar surface area (TPSA) is 41.1 Å². The fraction of sp³-hybridized carbons (Fsp3) is 0.364. The van der Waals surface area contributed by atoms with Gasteiger partial charge in [-0.15, -0.1) is 0 Å². The number of hydrogen-bond acceptors (Lipinski definition) is 2. The third kappa shape index (κ3) is 5.62. The summed E-state index contributed by atoms with van der Waals surface area (Å²) in [7, 11) is 0. The third-order valence-corrected chi connectivity index (χ3v) is 1.94. The van der Waals surface area contributed by atoms with Crippen molar-refractivity contribution in [1.29, 1.82) is 0 Å². The maximum Gasteiger partial charge on any atom is 0.401 e. The molecule has 0 aromatic heterocycles. The lowest BCUT2D eigenvalue weighted by atomic mass is 10.2. The van der Waals surface area contributed by atoms with E-state index >= 15 is 0 Å². The van der Waals surface area contributed by atoms with Crippen molar-refractivity contribution in [1.82, 2.24) is 5.32 Å². The van der Waals surface area contributed by atoms with Crippen molar-refractivity contribution in [2.45, 2.75) is 13.1 Å². The number of alkyl halides is 3. The summed E-state index contributed by atoms with van der Waals surface area (Å²) in [5, 5.41) is 4.24. The summed E-state index contributed by atoms with van der Waals surface area (Å²) in [4.78, 5) is 11.3. The predicted molar refractivity (Wildman–Crippen MR) is 58.7 cm³/mol. The normalized spacial score (nSPS) is 11.4. The van der Waals surface area contributed by atoms with Gasteiger partial charge >= 0.3 is 6.18 Å². The molecule has 100 valence electrons. The van der Waals surface area contributed by atoms with Crippen LogP contribution in [0.4, 0.5) is 23.2 Å². The second-order valence-electron chi connectivity index (χ2n) is 3.78. The fourth-order valence-electron chi connectivity index (χ4n) is 1.33. The van der Waals surface area contributed by atoms with Gasteiger partial charge in [0.1, 0.15) is 5.82 Å². The highest BCUT2D eigenvalue weighted by atomic mass is 19.4. The molecule has 0 saturated heterocycles. The average Bonchev–Trinajstić information content (AvgIpc) is 2.12. The zero-order valence-electron chi connectivity index (χ0n) is 9.57. The number of aryl methyl sites for hydroxylation is 1. The standard InChI is InChI=1S/C11H12F4N2O/c1-7-2-8(12)4-9(3-7)17-10(18)5-16-6-11(13,14)15/h2-4,16H,5-6H2,1H3,(H,17,18). The fourth-order valence-corrected chi connectivity index (χ4v) is 1.33. The average molecular weight is 264 g/mol. The number of halogens is 4. The molecular formula is C11H12F4N2O. The Kier molecular flexibility index (Phi) is 4.66. The summed E-state index contributed by atoms with van der Waals surface area (Å²) in [6.45, 7) is -0.0989. The van der Waals surface area contributed by atoms with E-state index in [1.807, 2.05) is 5.32 Å². The number of amides is 1. The molecule has 0 aliphatic rings. The molecule has 18 heavy (non-hydrogen) atoms. The largest absolute Gasteiger partial charge is 0.401 e. The van der Waals surface area contributed by atoms with Gasteiger partial charge in [0, 0.05) is 5.69 Å². The molecule has 1 rings (SSSR count). The van der Waals surface area contributed by atoms with Crippen molar-refractivity contribution in [2.24, 2.45) is 0 Å². The van der Waals surface area contributed by atoms with Crippen LogP contribution in [0.1, 0.15) is 5.56 Å². The molecule has 0 aliphatic carbocycles. The van der Waals surface area contributed by atoms with Gasteiger partial charge in [0.05, 0.1) is 13.1 Å². The Labute approximate surface area is 101 Å². The molecule has 1 aromatic rings. The van der Waals surface area contributed by atoms with Crippen LogP contribution in [-0.2, 0) is 4.79 Å². The second kappa shape index (κ2) is 5.81. The molecule has 2 N–H and O–H groups in total. The first-order valence-electron chi connectivity index (χ1n) is 5.11. The van der Waals surface area contributed by atoms with E-state index < -0.39 is 31.0 Å². The first kappa shape index (κ1) is 14.4. The van der Waals surface area contributed by atoms with Gasteiger partial charge in [-0.05, 0) is 30.7 Å². The summed E-state index contributed by atoms with van der Waals surface area (Å²) in [5.74, 6) is -1.18. The molecule has 1 aromatic carbocycles. The monoisotopic (exact) mass is 264 g/mol. The van der Waals surface area contributed by atoms with Gasteiger partial charge in [0.15, 0.2) is 0 Å². The Morgan fingerprint density at radius 2 is 1.94 bits per heavy atom. The second-order valence-corrected chi connectivity index (χ2v) is 3.78. The van der Waals surface area contributed by atoms with Gasteiger partial charge in [-0.2, -0.15) is 13.2 Å². The van der Waals surface area contributed by atoms with Gasteiger partial charge < -0.3 is 10.6 Å². The van der Waals surface area contributed by atoms with Crippen LogP contribution in [0.15, 0.2) is 18.2 Å². The zero-order chi connectivity index (χ0) is 13.8. The highest BCUT2D eigenvalue weighted by Crippen LogP contribution is 2.13. The maximum atomic E-state index is 13.0. The van der Waals surface area contributed by atoms with E-state index in [4.69, 9.17) is 0 Å². The van der Waals surface area contributed by atoms with Crippen LogP contribution in [0, 0.1) is 12.7 Å². The lowest BCUT2D eigenvalue weighted by Gasteiger charge is -2.09. The number of carbonyl (C=O) groups excluding carboxylic acids is 1. The van der Waals surface area contributed by atoms with Crippen molar-refractivity contribution >= 4 is 11.6 Å². The lowest BCUT2D eigenvalue weighted by molar-refractivity contribution is -0.126. The molecule has 0 spiro atoms. The molecule has 0 aliphatic heterocycles. The quantitative estimate of drug-likeness (QED) is 0.819. The first-order chi connectivity index (χ1) is 8.26. The van der Waals surface area contributed by atoms with E-state index in [1.54, 1.807) is 6.92 Å². The molecule has 3 nitrogen and oxygen atoms in total. The van der Waals surface area contributed by atoms with Crippen molar-refractivity contribution in [3.8, 4) is 0 Å². The minimum atomic E-state index is -4.37. The van der Waals surface area contributed by atoms with Gasteiger partial charge in [0.2, 0.25) is 5.91 Å². The van der Waals surface area contributed by atoms with E-state index in [0.717, 1.165) is 6.07 Å². The van der Waals surface area contributed by atoms with E-state index in [-0.39, 0.29) is 5.69 Å². The zero-order valence-corrected chi connectivity index (χ0v) is 9.57. The molecule has 0 unspecified atom stereocenters. The van der Waals surface area contributed by atoms with Crippen LogP contribution in [0.2, 0.25) is 0 Å². The molecule has 0 saturated carbocycles. The van der Waals surface area contributed by atoms with Gasteiger partial charge in [-0.25, -0.2) is 4.39 Å². The Morgan fingerprint density at radius 1 is 1.28 bits per heavy atom. The van der Waals surface area contributed by atoms with Crippen LogP contribution in [-0.4, -0.2) is 25.2 Å². The van der Waals surface area contributed by atoms with Crippen LogP contribution < -0.4 is 10.6 Å². The molecule has 1 amide bonds. The minimum Gasteiger partial charge on any atom is -0.325 e. The highest BCUT2D eigenvalue weighted by molar-refractivity contribution is 5.92. The molecule has 0 radical (unpaired) electrons. The molecule has 0 atom stereocenters. The van der Waals surface area contributed by atoms with Crippen LogP contribution in [0.25, 0.3) is 0 Å². The van der Waals surface area contributed by atoms with Crippen molar-refractivity contribution in [3.63, 3.8) is 0 Å².